The quantitative estimate of drug-likeness (QED) is 0.817. The molecule has 2 rings (SSSR count). The second kappa shape index (κ2) is 5.57. The Kier molecular flexibility index (Phi) is 4.28. The fourth-order valence-corrected chi connectivity index (χ4v) is 3.57. The van der Waals surface area contributed by atoms with Crippen LogP contribution in [0.2, 0.25) is 0 Å². The van der Waals surface area contributed by atoms with Crippen LogP contribution >= 0.6 is 0 Å². The summed E-state index contributed by atoms with van der Waals surface area (Å²) >= 11 is 0. The van der Waals surface area contributed by atoms with Crippen LogP contribution in [0.3, 0.4) is 0 Å². The second-order valence-electron chi connectivity index (χ2n) is 5.96. The van der Waals surface area contributed by atoms with Gasteiger partial charge in [0.2, 0.25) is 5.91 Å². The van der Waals surface area contributed by atoms with Gasteiger partial charge in [-0.1, -0.05) is 0 Å². The molecule has 0 aromatic carbocycles. The topological polar surface area (TPSA) is 35.6 Å². The Balaban J connectivity index is 1.96. The fourth-order valence-electron chi connectivity index (χ4n) is 3.57. The Bertz CT molecular complexity index is 297. The number of hydrogen-bond acceptors (Lipinski definition) is 3. The van der Waals surface area contributed by atoms with E-state index in [1.165, 1.54) is 12.8 Å². The number of nitrogens with one attached hydrogen (secondary N) is 1. The summed E-state index contributed by atoms with van der Waals surface area (Å²) in [5, 5.41) is 3.27. The molecule has 104 valence electrons. The molecule has 4 unspecified atom stereocenters. The number of carbonyl (C=O) groups is 1. The van der Waals surface area contributed by atoms with E-state index in [-0.39, 0.29) is 6.04 Å². The molecule has 2 heterocycles. The van der Waals surface area contributed by atoms with Gasteiger partial charge in [-0.3, -0.25) is 9.69 Å². The Morgan fingerprint density at radius 1 is 1.22 bits per heavy atom. The van der Waals surface area contributed by atoms with Gasteiger partial charge in [0.05, 0.1) is 6.04 Å². The number of amides is 1. The van der Waals surface area contributed by atoms with E-state index >= 15 is 0 Å². The summed E-state index contributed by atoms with van der Waals surface area (Å²) in [4.78, 5) is 17.0. The van der Waals surface area contributed by atoms with Gasteiger partial charge in [0, 0.05) is 31.2 Å². The molecule has 1 N–H and O–H groups in total. The van der Waals surface area contributed by atoms with E-state index in [1.807, 2.05) is 11.9 Å². The number of hydrogen-bond donors (Lipinski definition) is 1. The molecule has 2 fully saturated rings. The molecule has 0 saturated carbocycles. The summed E-state index contributed by atoms with van der Waals surface area (Å²) in [5.41, 5.74) is 0. The third-order valence-electron chi connectivity index (χ3n) is 4.73. The minimum absolute atomic E-state index is 0.0353. The van der Waals surface area contributed by atoms with Crippen LogP contribution in [-0.4, -0.2) is 60.0 Å². The highest BCUT2D eigenvalue weighted by molar-refractivity contribution is 5.82. The van der Waals surface area contributed by atoms with Crippen molar-refractivity contribution < 1.29 is 4.79 Å². The maximum absolute atomic E-state index is 12.5. The number of carbonyl (C=O) groups excluding carboxylic acids is 1. The Morgan fingerprint density at radius 3 is 2.33 bits per heavy atom. The highest BCUT2D eigenvalue weighted by Gasteiger charge is 2.37. The van der Waals surface area contributed by atoms with Crippen LogP contribution in [0.5, 0.6) is 0 Å². The molecule has 1 amide bonds. The van der Waals surface area contributed by atoms with E-state index in [2.05, 4.69) is 31.0 Å². The van der Waals surface area contributed by atoms with Crippen molar-refractivity contribution in [3.8, 4) is 0 Å². The van der Waals surface area contributed by atoms with Crippen LogP contribution in [0.15, 0.2) is 0 Å². The molecule has 2 saturated heterocycles. The van der Waals surface area contributed by atoms with Crippen LogP contribution in [0.25, 0.3) is 0 Å². The predicted octanol–water partition coefficient (Wildman–Crippen LogP) is 1.07. The van der Waals surface area contributed by atoms with Gasteiger partial charge >= 0.3 is 0 Å². The molecule has 0 radical (unpaired) electrons. The van der Waals surface area contributed by atoms with Crippen molar-refractivity contribution >= 4 is 5.91 Å². The second-order valence-corrected chi connectivity index (χ2v) is 5.96. The number of likely N-dealkylation sites (N-methyl/N-ethyl adjacent to an activating group) is 1. The highest BCUT2D eigenvalue weighted by Crippen LogP contribution is 2.27. The molecule has 0 aromatic heterocycles. The van der Waals surface area contributed by atoms with E-state index in [1.54, 1.807) is 0 Å². The smallest absolute Gasteiger partial charge is 0.239 e. The number of rotatable bonds is 3. The predicted molar refractivity (Wildman–Crippen MR) is 73.5 cm³/mol. The molecule has 2 aliphatic heterocycles. The maximum Gasteiger partial charge on any atom is 0.239 e. The van der Waals surface area contributed by atoms with Gasteiger partial charge < -0.3 is 10.2 Å². The standard InChI is InChI=1S/C14H27N3O/c1-10-5-6-11(2)17(10)12(3)14(18)16-8-7-13(9-16)15-4/h10-13,15H,5-9H2,1-4H3. The zero-order chi connectivity index (χ0) is 13.3. The van der Waals surface area contributed by atoms with Crippen LogP contribution in [-0.2, 0) is 4.79 Å². The van der Waals surface area contributed by atoms with Crippen molar-refractivity contribution in [1.82, 2.24) is 15.1 Å². The van der Waals surface area contributed by atoms with E-state index in [0.29, 0.717) is 24.0 Å². The van der Waals surface area contributed by atoms with Gasteiger partial charge in [0.1, 0.15) is 0 Å². The Hall–Kier alpha value is -0.610. The molecule has 0 spiro atoms. The van der Waals surface area contributed by atoms with E-state index in [9.17, 15) is 4.79 Å². The van der Waals surface area contributed by atoms with Crippen molar-refractivity contribution in [1.29, 1.82) is 0 Å². The monoisotopic (exact) mass is 253 g/mol. The third kappa shape index (κ3) is 2.54. The summed E-state index contributed by atoms with van der Waals surface area (Å²) in [7, 11) is 1.98. The summed E-state index contributed by atoms with van der Waals surface area (Å²) in [6.45, 7) is 8.34. The first-order chi connectivity index (χ1) is 8.54. The molecule has 0 aromatic rings. The molecule has 4 heteroatoms. The first kappa shape index (κ1) is 13.8. The third-order valence-corrected chi connectivity index (χ3v) is 4.73. The normalized spacial score (nSPS) is 35.1. The van der Waals surface area contributed by atoms with Crippen LogP contribution in [0.4, 0.5) is 0 Å². The SMILES string of the molecule is CNC1CCN(C(=O)C(C)N2C(C)CCC2C)C1. The molecule has 0 bridgehead atoms. The zero-order valence-electron chi connectivity index (χ0n) is 12.1. The average Bonchev–Trinajstić information content (AvgIpc) is 2.95. The molecule has 4 nitrogen and oxygen atoms in total. The summed E-state index contributed by atoms with van der Waals surface area (Å²) < 4.78 is 0. The fraction of sp³-hybridized carbons (Fsp3) is 0.929. The average molecular weight is 253 g/mol. The molecular weight excluding hydrogens is 226 g/mol. The lowest BCUT2D eigenvalue weighted by Gasteiger charge is -2.34. The number of nitrogens with zero attached hydrogens (tertiary/aromatic N) is 2. The lowest BCUT2D eigenvalue weighted by Crippen LogP contribution is -2.50. The first-order valence-corrected chi connectivity index (χ1v) is 7.28. The lowest BCUT2D eigenvalue weighted by molar-refractivity contribution is -0.136. The maximum atomic E-state index is 12.5. The Morgan fingerprint density at radius 2 is 1.83 bits per heavy atom. The molecule has 0 aliphatic carbocycles. The van der Waals surface area contributed by atoms with Crippen molar-refractivity contribution in [3.05, 3.63) is 0 Å². The number of likely N-dealkylation sites (tertiary alicyclic amines) is 2. The van der Waals surface area contributed by atoms with Gasteiger partial charge in [-0.2, -0.15) is 0 Å². The van der Waals surface area contributed by atoms with Gasteiger partial charge in [-0.25, -0.2) is 0 Å². The highest BCUT2D eigenvalue weighted by atomic mass is 16.2. The molecule has 4 atom stereocenters. The van der Waals surface area contributed by atoms with Crippen molar-refractivity contribution in [2.45, 2.75) is 64.2 Å². The Labute approximate surface area is 111 Å². The minimum atomic E-state index is 0.0353. The van der Waals surface area contributed by atoms with Gasteiger partial charge in [-0.15, -0.1) is 0 Å². The van der Waals surface area contributed by atoms with E-state index < -0.39 is 0 Å². The lowest BCUT2D eigenvalue weighted by atomic mass is 10.2. The van der Waals surface area contributed by atoms with Crippen LogP contribution in [0.1, 0.15) is 40.0 Å². The van der Waals surface area contributed by atoms with Gasteiger partial charge in [0.25, 0.3) is 0 Å². The van der Waals surface area contributed by atoms with Crippen molar-refractivity contribution in [2.75, 3.05) is 20.1 Å². The summed E-state index contributed by atoms with van der Waals surface area (Å²) in [5.74, 6) is 0.313. The minimum Gasteiger partial charge on any atom is -0.340 e. The van der Waals surface area contributed by atoms with E-state index in [0.717, 1.165) is 19.5 Å². The van der Waals surface area contributed by atoms with Crippen molar-refractivity contribution in [2.24, 2.45) is 0 Å². The van der Waals surface area contributed by atoms with Crippen LogP contribution < -0.4 is 5.32 Å². The van der Waals surface area contributed by atoms with Crippen molar-refractivity contribution in [3.63, 3.8) is 0 Å². The first-order valence-electron chi connectivity index (χ1n) is 7.28. The van der Waals surface area contributed by atoms with Gasteiger partial charge in [0.15, 0.2) is 0 Å². The molecular formula is C14H27N3O. The van der Waals surface area contributed by atoms with E-state index in [4.69, 9.17) is 0 Å². The zero-order valence-corrected chi connectivity index (χ0v) is 12.1. The summed E-state index contributed by atoms with van der Waals surface area (Å²) in [6, 6.07) is 1.60. The molecule has 2 aliphatic rings. The van der Waals surface area contributed by atoms with Gasteiger partial charge in [-0.05, 0) is 47.1 Å². The largest absolute Gasteiger partial charge is 0.340 e. The van der Waals surface area contributed by atoms with Crippen LogP contribution in [0, 0.1) is 0 Å². The summed E-state index contributed by atoms with van der Waals surface area (Å²) in [6.07, 6.45) is 3.52. The molecule has 18 heavy (non-hydrogen) atoms.